The van der Waals surface area contributed by atoms with E-state index in [-0.39, 0.29) is 0 Å². The molecule has 1 N–H and O–H groups in total. The van der Waals surface area contributed by atoms with Gasteiger partial charge in [-0.25, -0.2) is 0 Å². The van der Waals surface area contributed by atoms with E-state index in [1.54, 1.807) is 16.0 Å². The molecule has 1 atom stereocenters. The molecule has 1 unspecified atom stereocenters. The summed E-state index contributed by atoms with van der Waals surface area (Å²) in [6.45, 7) is 6.62. The van der Waals surface area contributed by atoms with Crippen molar-refractivity contribution in [2.75, 3.05) is 6.54 Å². The number of thiophene rings is 1. The molecular weight excluding hydrogens is 190 g/mol. The van der Waals surface area contributed by atoms with Crippen LogP contribution in [-0.2, 0) is 13.0 Å². The van der Waals surface area contributed by atoms with Crippen LogP contribution in [0.1, 0.15) is 48.6 Å². The number of aryl methyl sites for hydroxylation is 1. The number of rotatable bonds is 4. The Labute approximate surface area is 90.5 Å². The molecule has 1 heterocycles. The van der Waals surface area contributed by atoms with Crippen molar-refractivity contribution in [1.29, 1.82) is 0 Å². The molecule has 0 aliphatic heterocycles. The minimum atomic E-state index is 0.852. The van der Waals surface area contributed by atoms with Crippen molar-refractivity contribution < 1.29 is 0 Å². The maximum Gasteiger partial charge on any atom is 0.0216 e. The highest BCUT2D eigenvalue weighted by Crippen LogP contribution is 2.41. The first-order valence-electron chi connectivity index (χ1n) is 5.66. The van der Waals surface area contributed by atoms with E-state index in [1.807, 2.05) is 11.3 Å². The lowest BCUT2D eigenvalue weighted by molar-refractivity contribution is 0.641. The number of fused-ring (bicyclic) bond motifs is 1. The molecule has 0 radical (unpaired) electrons. The Morgan fingerprint density at radius 1 is 1.50 bits per heavy atom. The SMILES string of the molecule is CCNCc1csc2c1C(CC)CC2. The normalized spacial score (nSPS) is 20.0. The van der Waals surface area contributed by atoms with E-state index in [9.17, 15) is 0 Å². The molecule has 0 amide bonds. The largest absolute Gasteiger partial charge is 0.313 e. The average molecular weight is 209 g/mol. The molecule has 0 bridgehead atoms. The van der Waals surface area contributed by atoms with Crippen LogP contribution in [0.15, 0.2) is 5.38 Å². The molecule has 0 saturated carbocycles. The van der Waals surface area contributed by atoms with Crippen molar-refractivity contribution in [2.45, 2.75) is 45.6 Å². The minimum absolute atomic E-state index is 0.852. The Morgan fingerprint density at radius 3 is 3.07 bits per heavy atom. The maximum absolute atomic E-state index is 3.43. The Hall–Kier alpha value is -0.340. The highest BCUT2D eigenvalue weighted by molar-refractivity contribution is 7.10. The second kappa shape index (κ2) is 4.45. The lowest BCUT2D eigenvalue weighted by Crippen LogP contribution is -2.12. The van der Waals surface area contributed by atoms with Gasteiger partial charge in [-0.2, -0.15) is 0 Å². The van der Waals surface area contributed by atoms with E-state index in [2.05, 4.69) is 24.5 Å². The second-order valence-corrected chi connectivity index (χ2v) is 4.99. The van der Waals surface area contributed by atoms with Gasteiger partial charge in [-0.15, -0.1) is 11.3 Å². The standard InChI is InChI=1S/C12H19NS/c1-3-9-5-6-11-12(9)10(8-14-11)7-13-4-2/h8-9,13H,3-7H2,1-2H3. The summed E-state index contributed by atoms with van der Waals surface area (Å²) in [5.74, 6) is 0.852. The second-order valence-electron chi connectivity index (χ2n) is 4.02. The van der Waals surface area contributed by atoms with Crippen LogP contribution in [0.5, 0.6) is 0 Å². The van der Waals surface area contributed by atoms with E-state index in [0.717, 1.165) is 19.0 Å². The molecule has 14 heavy (non-hydrogen) atoms. The van der Waals surface area contributed by atoms with Crippen molar-refractivity contribution in [3.8, 4) is 0 Å². The quantitative estimate of drug-likeness (QED) is 0.802. The molecule has 2 rings (SSSR count). The van der Waals surface area contributed by atoms with E-state index < -0.39 is 0 Å². The zero-order valence-electron chi connectivity index (χ0n) is 9.10. The summed E-state index contributed by atoms with van der Waals surface area (Å²) in [5, 5.41) is 5.79. The van der Waals surface area contributed by atoms with Gasteiger partial charge in [-0.3, -0.25) is 0 Å². The van der Waals surface area contributed by atoms with E-state index in [0.29, 0.717) is 0 Å². The summed E-state index contributed by atoms with van der Waals surface area (Å²) in [7, 11) is 0. The topological polar surface area (TPSA) is 12.0 Å². The molecule has 1 aliphatic rings. The summed E-state index contributed by atoms with van der Waals surface area (Å²) in [4.78, 5) is 1.66. The molecule has 1 aliphatic carbocycles. The first kappa shape index (κ1) is 10.2. The number of hydrogen-bond donors (Lipinski definition) is 1. The molecule has 0 spiro atoms. The first-order valence-corrected chi connectivity index (χ1v) is 6.54. The van der Waals surface area contributed by atoms with Crippen molar-refractivity contribution in [2.24, 2.45) is 0 Å². The van der Waals surface area contributed by atoms with E-state index in [4.69, 9.17) is 0 Å². The third-order valence-electron chi connectivity index (χ3n) is 3.18. The van der Waals surface area contributed by atoms with Gasteiger partial charge in [-0.05, 0) is 48.2 Å². The fourth-order valence-electron chi connectivity index (χ4n) is 2.39. The molecule has 2 heteroatoms. The van der Waals surface area contributed by atoms with Crippen LogP contribution in [0, 0.1) is 0 Å². The van der Waals surface area contributed by atoms with Crippen LogP contribution in [0.25, 0.3) is 0 Å². The number of hydrogen-bond acceptors (Lipinski definition) is 2. The van der Waals surface area contributed by atoms with Gasteiger partial charge in [0.1, 0.15) is 0 Å². The third kappa shape index (κ3) is 1.73. The van der Waals surface area contributed by atoms with Gasteiger partial charge in [0.25, 0.3) is 0 Å². The molecule has 1 nitrogen and oxygen atoms in total. The van der Waals surface area contributed by atoms with E-state index >= 15 is 0 Å². The van der Waals surface area contributed by atoms with Crippen molar-refractivity contribution >= 4 is 11.3 Å². The molecule has 0 saturated heterocycles. The van der Waals surface area contributed by atoms with Gasteiger partial charge in [0.2, 0.25) is 0 Å². The van der Waals surface area contributed by atoms with Gasteiger partial charge in [0, 0.05) is 11.4 Å². The van der Waals surface area contributed by atoms with Crippen molar-refractivity contribution in [3.05, 3.63) is 21.4 Å². The zero-order chi connectivity index (χ0) is 9.97. The Bertz CT molecular complexity index is 303. The Balaban J connectivity index is 2.17. The summed E-state index contributed by atoms with van der Waals surface area (Å²) in [5.41, 5.74) is 3.26. The zero-order valence-corrected chi connectivity index (χ0v) is 9.91. The molecule has 0 aromatic carbocycles. The maximum atomic E-state index is 3.43. The van der Waals surface area contributed by atoms with Gasteiger partial charge in [0.15, 0.2) is 0 Å². The average Bonchev–Trinajstić information content (AvgIpc) is 2.75. The molecular formula is C12H19NS. The van der Waals surface area contributed by atoms with E-state index in [1.165, 1.54) is 19.3 Å². The van der Waals surface area contributed by atoms with Crippen LogP contribution in [0.4, 0.5) is 0 Å². The highest BCUT2D eigenvalue weighted by atomic mass is 32.1. The molecule has 1 aromatic heterocycles. The van der Waals surface area contributed by atoms with Crippen LogP contribution in [0.3, 0.4) is 0 Å². The van der Waals surface area contributed by atoms with Crippen LogP contribution in [-0.4, -0.2) is 6.54 Å². The third-order valence-corrected chi connectivity index (χ3v) is 4.29. The van der Waals surface area contributed by atoms with Gasteiger partial charge < -0.3 is 5.32 Å². The summed E-state index contributed by atoms with van der Waals surface area (Å²) in [6.07, 6.45) is 4.02. The van der Waals surface area contributed by atoms with Crippen molar-refractivity contribution in [3.63, 3.8) is 0 Å². The summed E-state index contributed by atoms with van der Waals surface area (Å²) in [6, 6.07) is 0. The van der Waals surface area contributed by atoms with Crippen LogP contribution < -0.4 is 5.32 Å². The fourth-order valence-corrected chi connectivity index (χ4v) is 3.54. The number of nitrogens with one attached hydrogen (secondary N) is 1. The molecule has 78 valence electrons. The lowest BCUT2D eigenvalue weighted by Gasteiger charge is -2.10. The van der Waals surface area contributed by atoms with Crippen LogP contribution >= 0.6 is 11.3 Å². The van der Waals surface area contributed by atoms with Crippen molar-refractivity contribution in [1.82, 2.24) is 5.32 Å². The summed E-state index contributed by atoms with van der Waals surface area (Å²) >= 11 is 1.97. The summed E-state index contributed by atoms with van der Waals surface area (Å²) < 4.78 is 0. The monoisotopic (exact) mass is 209 g/mol. The molecule has 1 aromatic rings. The predicted octanol–water partition coefficient (Wildman–Crippen LogP) is 3.30. The van der Waals surface area contributed by atoms with Crippen LogP contribution in [0.2, 0.25) is 0 Å². The Kier molecular flexibility index (Phi) is 3.24. The smallest absolute Gasteiger partial charge is 0.0216 e. The van der Waals surface area contributed by atoms with Gasteiger partial charge in [0.05, 0.1) is 0 Å². The fraction of sp³-hybridized carbons (Fsp3) is 0.667. The first-order chi connectivity index (χ1) is 6.86. The Morgan fingerprint density at radius 2 is 2.36 bits per heavy atom. The van der Waals surface area contributed by atoms with Gasteiger partial charge in [-0.1, -0.05) is 13.8 Å². The predicted molar refractivity (Wildman–Crippen MR) is 63.1 cm³/mol. The van der Waals surface area contributed by atoms with Gasteiger partial charge >= 0.3 is 0 Å². The molecule has 0 fully saturated rings. The highest BCUT2D eigenvalue weighted by Gasteiger charge is 2.25. The minimum Gasteiger partial charge on any atom is -0.313 e. The lowest BCUT2D eigenvalue weighted by atomic mass is 9.97.